The van der Waals surface area contributed by atoms with Gasteiger partial charge in [-0.15, -0.1) is 0 Å². The van der Waals surface area contributed by atoms with E-state index >= 15 is 0 Å². The number of hydrogen-bond donors (Lipinski definition) is 0. The molecule has 0 aromatic carbocycles. The van der Waals surface area contributed by atoms with Gasteiger partial charge < -0.3 is 0 Å². The number of hydrogen-bond acceptors (Lipinski definition) is 2. The van der Waals surface area contributed by atoms with E-state index in [-0.39, 0.29) is 0 Å². The zero-order chi connectivity index (χ0) is 11.4. The average Bonchev–Trinajstić information content (AvgIpc) is 2.05. The topological polar surface area (TPSA) is 12.5 Å². The van der Waals surface area contributed by atoms with Gasteiger partial charge in [0.2, 0.25) is 0 Å². The van der Waals surface area contributed by atoms with Crippen LogP contribution in [0.5, 0.6) is 0 Å². The fraction of sp³-hybridized carbons (Fsp3) is 1.00. The van der Waals surface area contributed by atoms with Crippen molar-refractivity contribution in [1.29, 1.82) is 0 Å². The molecule has 0 aliphatic heterocycles. The van der Waals surface area contributed by atoms with Crippen molar-refractivity contribution in [2.75, 3.05) is 13.1 Å². The van der Waals surface area contributed by atoms with Crippen LogP contribution in [0.2, 0.25) is 0 Å². The van der Waals surface area contributed by atoms with Crippen LogP contribution >= 0.6 is 0 Å². The van der Waals surface area contributed by atoms with Crippen molar-refractivity contribution in [3.8, 4) is 0 Å². The molecule has 2 atom stereocenters. The van der Waals surface area contributed by atoms with E-state index in [2.05, 4.69) is 3.07 Å². The zero-order valence-corrected chi connectivity index (χ0v) is 11.4. The molecule has 0 aromatic rings. The molecule has 0 spiro atoms. The SMILES string of the molecule is CCN(CC)C(C)C([O][Sn])C(F)(F)F. The number of rotatable bonds is 5. The molecule has 0 heterocycles. The Morgan fingerprint density at radius 1 is 1.29 bits per heavy atom. The van der Waals surface area contributed by atoms with Gasteiger partial charge in [-0.05, 0) is 0 Å². The second-order valence-corrected chi connectivity index (χ2v) is 3.71. The predicted octanol–water partition coefficient (Wildman–Crippen LogP) is 1.75. The standard InChI is InChI=1S/C8H15F3NO.Sn/c1-4-12(5-2)6(3)7(13)8(9,10)11;/h6-7H,4-5H2,1-3H3;/q-1;+1. The summed E-state index contributed by atoms with van der Waals surface area (Å²) in [5.74, 6) is 0. The maximum atomic E-state index is 12.5. The summed E-state index contributed by atoms with van der Waals surface area (Å²) in [7, 11) is 0. The molecule has 2 unspecified atom stereocenters. The van der Waals surface area contributed by atoms with Gasteiger partial charge in [-0.2, -0.15) is 0 Å². The Hall–Kier alpha value is 0.509. The normalized spacial score (nSPS) is 17.1. The fourth-order valence-electron chi connectivity index (χ4n) is 1.43. The summed E-state index contributed by atoms with van der Waals surface area (Å²) >= 11 is 0.454. The Balaban J connectivity index is 4.52. The molecule has 14 heavy (non-hydrogen) atoms. The number of halogens is 3. The maximum absolute atomic E-state index is 12.5. The van der Waals surface area contributed by atoms with Crippen LogP contribution < -0.4 is 0 Å². The molecular weight excluding hydrogens is 302 g/mol. The molecule has 0 amide bonds. The summed E-state index contributed by atoms with van der Waals surface area (Å²) in [5, 5.41) is 0. The number of nitrogens with zero attached hydrogens (tertiary/aromatic N) is 1. The van der Waals surface area contributed by atoms with Crippen molar-refractivity contribution < 1.29 is 16.2 Å². The van der Waals surface area contributed by atoms with E-state index in [1.165, 1.54) is 0 Å². The first-order valence-electron chi connectivity index (χ1n) is 4.51. The van der Waals surface area contributed by atoms with Crippen molar-refractivity contribution >= 4 is 22.9 Å². The molecule has 2 nitrogen and oxygen atoms in total. The first-order chi connectivity index (χ1) is 6.38. The molecule has 0 rings (SSSR count). The van der Waals surface area contributed by atoms with Crippen LogP contribution in [-0.2, 0) is 3.07 Å². The third-order valence-electron chi connectivity index (χ3n) is 2.28. The molecule has 3 radical (unpaired) electrons. The van der Waals surface area contributed by atoms with E-state index in [4.69, 9.17) is 0 Å². The van der Waals surface area contributed by atoms with Crippen LogP contribution in [0.25, 0.3) is 0 Å². The summed E-state index contributed by atoms with van der Waals surface area (Å²) in [6.45, 7) is 6.44. The van der Waals surface area contributed by atoms with E-state index in [0.717, 1.165) is 0 Å². The minimum atomic E-state index is -4.27. The molecule has 0 saturated heterocycles. The first-order valence-corrected chi connectivity index (χ1v) is 5.68. The Labute approximate surface area is 96.4 Å². The van der Waals surface area contributed by atoms with Gasteiger partial charge in [-0.1, -0.05) is 0 Å². The van der Waals surface area contributed by atoms with Gasteiger partial charge in [0.15, 0.2) is 0 Å². The Kier molecular flexibility index (Phi) is 6.39. The summed E-state index contributed by atoms with van der Waals surface area (Å²) in [6.07, 6.45) is -5.94. The molecule has 0 aromatic heterocycles. The van der Waals surface area contributed by atoms with E-state index in [0.29, 0.717) is 36.0 Å². The first kappa shape index (κ1) is 14.5. The van der Waals surface area contributed by atoms with Crippen LogP contribution in [0.1, 0.15) is 20.8 Å². The van der Waals surface area contributed by atoms with E-state index < -0.39 is 18.3 Å². The van der Waals surface area contributed by atoms with Crippen LogP contribution in [0.15, 0.2) is 0 Å². The third kappa shape index (κ3) is 3.94. The minimum absolute atomic E-state index is 0.454. The Morgan fingerprint density at radius 2 is 1.71 bits per heavy atom. The summed E-state index contributed by atoms with van der Waals surface area (Å²) in [5.41, 5.74) is 0. The molecule has 0 saturated carbocycles. The molecule has 0 aliphatic carbocycles. The molecule has 83 valence electrons. The fourth-order valence-corrected chi connectivity index (χ4v) is 2.37. The summed E-state index contributed by atoms with van der Waals surface area (Å²) in [4.78, 5) is 1.74. The quantitative estimate of drug-likeness (QED) is 0.717. The second kappa shape index (κ2) is 6.17. The number of alkyl halides is 3. The summed E-state index contributed by atoms with van der Waals surface area (Å²) in [6, 6.07) is -0.621. The predicted molar refractivity (Wildman–Crippen MR) is 49.1 cm³/mol. The van der Waals surface area contributed by atoms with Gasteiger partial charge in [0, 0.05) is 0 Å². The Bertz CT molecular complexity index is 161. The Morgan fingerprint density at radius 3 is 1.93 bits per heavy atom. The van der Waals surface area contributed by atoms with Crippen LogP contribution in [0.4, 0.5) is 13.2 Å². The van der Waals surface area contributed by atoms with Gasteiger partial charge in [0.25, 0.3) is 0 Å². The van der Waals surface area contributed by atoms with Crippen LogP contribution in [0, 0.1) is 0 Å². The monoisotopic (exact) mass is 318 g/mol. The summed E-state index contributed by atoms with van der Waals surface area (Å²) < 4.78 is 42.0. The molecule has 0 aliphatic rings. The van der Waals surface area contributed by atoms with Gasteiger partial charge in [-0.25, -0.2) is 0 Å². The third-order valence-corrected chi connectivity index (χ3v) is 3.00. The molecule has 0 N–H and O–H groups in total. The van der Waals surface area contributed by atoms with Crippen molar-refractivity contribution in [2.24, 2.45) is 0 Å². The van der Waals surface area contributed by atoms with Crippen molar-refractivity contribution in [1.82, 2.24) is 4.90 Å². The number of likely N-dealkylation sites (N-methyl/N-ethyl adjacent to an activating group) is 1. The molecular formula is C8H15F3NOSn. The van der Waals surface area contributed by atoms with Crippen LogP contribution in [-0.4, -0.2) is 59.3 Å². The van der Waals surface area contributed by atoms with Crippen molar-refractivity contribution in [3.05, 3.63) is 0 Å². The second-order valence-electron chi connectivity index (χ2n) is 3.04. The van der Waals surface area contributed by atoms with E-state index in [9.17, 15) is 13.2 Å². The van der Waals surface area contributed by atoms with Crippen molar-refractivity contribution in [3.63, 3.8) is 0 Å². The molecule has 6 heteroatoms. The molecule has 0 bridgehead atoms. The van der Waals surface area contributed by atoms with Gasteiger partial charge in [-0.3, -0.25) is 0 Å². The van der Waals surface area contributed by atoms with Gasteiger partial charge >= 0.3 is 96.3 Å². The van der Waals surface area contributed by atoms with E-state index in [1.54, 1.807) is 11.8 Å². The van der Waals surface area contributed by atoms with Gasteiger partial charge in [0.1, 0.15) is 0 Å². The van der Waals surface area contributed by atoms with Crippen LogP contribution in [0.3, 0.4) is 0 Å². The van der Waals surface area contributed by atoms with Crippen molar-refractivity contribution in [2.45, 2.75) is 39.1 Å². The van der Waals surface area contributed by atoms with E-state index in [1.807, 2.05) is 13.8 Å². The van der Waals surface area contributed by atoms with Gasteiger partial charge in [0.05, 0.1) is 0 Å². The average molecular weight is 317 g/mol. The zero-order valence-electron chi connectivity index (χ0n) is 8.56. The molecule has 0 fully saturated rings.